The molecule has 1 aliphatic carbocycles. The topological polar surface area (TPSA) is 61.8 Å². The van der Waals surface area contributed by atoms with Gasteiger partial charge in [-0.2, -0.15) is 0 Å². The Morgan fingerprint density at radius 2 is 1.48 bits per heavy atom. The summed E-state index contributed by atoms with van der Waals surface area (Å²) in [5, 5.41) is -0.0918. The van der Waals surface area contributed by atoms with Gasteiger partial charge in [0.15, 0.2) is 0 Å². The van der Waals surface area contributed by atoms with Gasteiger partial charge >= 0.3 is 11.9 Å². The molecule has 0 saturated carbocycles. The second-order valence-corrected chi connectivity index (χ2v) is 17.1. The van der Waals surface area contributed by atoms with Crippen molar-refractivity contribution in [2.75, 3.05) is 13.2 Å². The van der Waals surface area contributed by atoms with Gasteiger partial charge in [-0.15, -0.1) is 0 Å². The second kappa shape index (κ2) is 8.91. The maximum atomic E-state index is 13.3. The molecule has 2 aliphatic rings. The fraction of sp³-hybridized carbons (Fsp3) is 0.840. The van der Waals surface area contributed by atoms with Crippen LogP contribution in [-0.2, 0) is 23.5 Å². The largest absolute Gasteiger partial charge is 0.545 e. The average molecular weight is 453 g/mol. The molecule has 6 heteroatoms. The van der Waals surface area contributed by atoms with Crippen molar-refractivity contribution in [3.8, 4) is 0 Å². The van der Waals surface area contributed by atoms with E-state index >= 15 is 0 Å². The van der Waals surface area contributed by atoms with E-state index in [0.717, 1.165) is 5.76 Å². The minimum absolute atomic E-state index is 0.0459. The lowest BCUT2D eigenvalue weighted by molar-refractivity contribution is -0.163. The minimum Gasteiger partial charge on any atom is -0.545 e. The predicted octanol–water partition coefficient (Wildman–Crippen LogP) is 6.24. The molecule has 2 rings (SSSR count). The van der Waals surface area contributed by atoms with Gasteiger partial charge in [0, 0.05) is 5.92 Å². The van der Waals surface area contributed by atoms with Crippen LogP contribution in [0.5, 0.6) is 0 Å². The van der Waals surface area contributed by atoms with Gasteiger partial charge in [-0.25, -0.2) is 0 Å². The van der Waals surface area contributed by atoms with E-state index < -0.39 is 20.2 Å². The summed E-state index contributed by atoms with van der Waals surface area (Å²) in [5.74, 6) is -0.632. The SMILES string of the molecule is CCOC(=O)[C@@H]1[C@@H]2C(=C(C(C)C)C[C@H]1C(=O)OCC)O[Si](C(C)(C)C)(C(C)(C)C)[C@H]2C. The Morgan fingerprint density at radius 1 is 1.00 bits per heavy atom. The van der Waals surface area contributed by atoms with Crippen LogP contribution in [0.25, 0.3) is 0 Å². The number of ether oxygens (including phenoxy) is 2. The van der Waals surface area contributed by atoms with Gasteiger partial charge in [0.25, 0.3) is 8.32 Å². The van der Waals surface area contributed by atoms with Crippen molar-refractivity contribution in [1.29, 1.82) is 0 Å². The standard InChI is InChI=1S/C25H44O5Si/c1-12-28-22(26)18-14-17(15(3)4)21-19(20(18)23(27)29-13-2)16(5)31(30-21,24(6,7)8)25(9,10)11/h15-16,18-20H,12-14H2,1-11H3/t16-,18+,19+,20-/m0/s1. The van der Waals surface area contributed by atoms with Gasteiger partial charge in [-0.3, -0.25) is 9.59 Å². The molecule has 0 radical (unpaired) electrons. The van der Waals surface area contributed by atoms with Gasteiger partial charge in [0.1, 0.15) is 0 Å². The minimum atomic E-state index is -2.47. The first-order chi connectivity index (χ1) is 14.2. The fourth-order valence-corrected chi connectivity index (χ4v) is 13.9. The number of fused-ring (bicyclic) bond motifs is 1. The van der Waals surface area contributed by atoms with Gasteiger partial charge in [0.2, 0.25) is 0 Å². The third kappa shape index (κ3) is 4.21. The molecule has 0 aromatic carbocycles. The Hall–Kier alpha value is -1.30. The first-order valence-electron chi connectivity index (χ1n) is 11.9. The Morgan fingerprint density at radius 3 is 1.90 bits per heavy atom. The number of esters is 2. The fourth-order valence-electron chi connectivity index (χ4n) is 6.63. The number of carbonyl (C=O) groups is 2. The van der Waals surface area contributed by atoms with Crippen molar-refractivity contribution in [2.24, 2.45) is 23.7 Å². The lowest BCUT2D eigenvalue weighted by atomic mass is 9.68. The van der Waals surface area contributed by atoms with E-state index in [1.54, 1.807) is 0 Å². The molecule has 4 atom stereocenters. The molecule has 0 N–H and O–H groups in total. The van der Waals surface area contributed by atoms with Crippen molar-refractivity contribution < 1.29 is 23.5 Å². The molecular formula is C25H44O5Si. The van der Waals surface area contributed by atoms with Gasteiger partial charge in [-0.05, 0) is 47.4 Å². The zero-order chi connectivity index (χ0) is 23.9. The first-order valence-corrected chi connectivity index (χ1v) is 13.9. The molecule has 1 aliphatic heterocycles. The number of carbonyl (C=O) groups excluding carboxylic acids is 2. The van der Waals surface area contributed by atoms with Crippen molar-refractivity contribution in [3.63, 3.8) is 0 Å². The molecule has 0 bridgehead atoms. The number of hydrogen-bond acceptors (Lipinski definition) is 5. The normalized spacial score (nSPS) is 28.3. The molecule has 1 heterocycles. The molecule has 31 heavy (non-hydrogen) atoms. The third-order valence-corrected chi connectivity index (χ3v) is 14.0. The molecule has 0 aromatic heterocycles. The summed E-state index contributed by atoms with van der Waals surface area (Å²) in [5.41, 5.74) is 1.32. The van der Waals surface area contributed by atoms with E-state index in [0.29, 0.717) is 19.6 Å². The lowest BCUT2D eigenvalue weighted by Crippen LogP contribution is -2.55. The maximum Gasteiger partial charge on any atom is 0.310 e. The smallest absolute Gasteiger partial charge is 0.310 e. The highest BCUT2D eigenvalue weighted by Gasteiger charge is 2.69. The monoisotopic (exact) mass is 452 g/mol. The molecule has 5 nitrogen and oxygen atoms in total. The summed E-state index contributed by atoms with van der Waals surface area (Å²) in [6.45, 7) is 24.4. The van der Waals surface area contributed by atoms with Crippen molar-refractivity contribution in [3.05, 3.63) is 11.3 Å². The number of hydrogen-bond donors (Lipinski definition) is 0. The highest BCUT2D eigenvalue weighted by molar-refractivity contribution is 6.81. The molecular weight excluding hydrogens is 408 g/mol. The van der Waals surface area contributed by atoms with E-state index in [2.05, 4.69) is 62.3 Å². The van der Waals surface area contributed by atoms with Crippen LogP contribution >= 0.6 is 0 Å². The molecule has 1 saturated heterocycles. The molecule has 0 amide bonds. The van der Waals surface area contributed by atoms with Crippen LogP contribution < -0.4 is 0 Å². The lowest BCUT2D eigenvalue weighted by Gasteiger charge is -2.50. The molecule has 178 valence electrons. The molecule has 0 aromatic rings. The summed E-state index contributed by atoms with van der Waals surface area (Å²) >= 11 is 0. The van der Waals surface area contributed by atoms with E-state index in [9.17, 15) is 9.59 Å². The third-order valence-electron chi connectivity index (χ3n) is 7.40. The van der Waals surface area contributed by atoms with Gasteiger partial charge in [0.05, 0.1) is 30.8 Å². The zero-order valence-electron chi connectivity index (χ0n) is 21.5. The van der Waals surface area contributed by atoms with E-state index in [1.807, 2.05) is 13.8 Å². The van der Waals surface area contributed by atoms with Gasteiger partial charge in [-0.1, -0.05) is 62.3 Å². The number of allylic oxidation sites excluding steroid dienone is 2. The van der Waals surface area contributed by atoms with Crippen LogP contribution in [0.4, 0.5) is 0 Å². The summed E-state index contributed by atoms with van der Waals surface area (Å²) < 4.78 is 18.1. The summed E-state index contributed by atoms with van der Waals surface area (Å²) in [4.78, 5) is 26.4. The van der Waals surface area contributed by atoms with E-state index in [-0.39, 0.29) is 39.4 Å². The van der Waals surface area contributed by atoms with Crippen LogP contribution in [0.3, 0.4) is 0 Å². The summed E-state index contributed by atoms with van der Waals surface area (Å²) in [6.07, 6.45) is 0.497. The molecule has 0 unspecified atom stereocenters. The maximum absolute atomic E-state index is 13.3. The Bertz CT molecular complexity index is 711. The second-order valence-electron chi connectivity index (χ2n) is 11.5. The quantitative estimate of drug-likeness (QED) is 0.365. The summed E-state index contributed by atoms with van der Waals surface area (Å²) in [7, 11) is -2.47. The van der Waals surface area contributed by atoms with Crippen LogP contribution in [-0.4, -0.2) is 33.5 Å². The van der Waals surface area contributed by atoms with Crippen LogP contribution in [0.15, 0.2) is 11.3 Å². The Labute approximate surface area is 190 Å². The zero-order valence-corrected chi connectivity index (χ0v) is 22.5. The first kappa shape index (κ1) is 26.0. The van der Waals surface area contributed by atoms with Crippen molar-refractivity contribution in [1.82, 2.24) is 0 Å². The van der Waals surface area contributed by atoms with E-state index in [1.165, 1.54) is 5.57 Å². The van der Waals surface area contributed by atoms with Crippen LogP contribution in [0.1, 0.15) is 82.6 Å². The highest BCUT2D eigenvalue weighted by atomic mass is 28.4. The predicted molar refractivity (Wildman–Crippen MR) is 126 cm³/mol. The van der Waals surface area contributed by atoms with Crippen molar-refractivity contribution in [2.45, 2.75) is 98.2 Å². The van der Waals surface area contributed by atoms with Crippen LogP contribution in [0.2, 0.25) is 15.6 Å². The molecule has 0 spiro atoms. The van der Waals surface area contributed by atoms with Crippen molar-refractivity contribution >= 4 is 20.3 Å². The van der Waals surface area contributed by atoms with Gasteiger partial charge < -0.3 is 13.9 Å². The summed E-state index contributed by atoms with van der Waals surface area (Å²) in [6, 6.07) is 0. The number of rotatable bonds is 5. The highest BCUT2D eigenvalue weighted by Crippen LogP contribution is 2.68. The average Bonchev–Trinajstić information content (AvgIpc) is 2.95. The van der Waals surface area contributed by atoms with E-state index in [4.69, 9.17) is 13.9 Å². The Kier molecular flexibility index (Phi) is 7.46. The van der Waals surface area contributed by atoms with Crippen LogP contribution in [0, 0.1) is 23.7 Å². The molecule has 1 fully saturated rings. The Balaban J connectivity index is 2.78.